The first-order valence-corrected chi connectivity index (χ1v) is 10.0. The molecule has 0 N–H and O–H groups in total. The van der Waals surface area contributed by atoms with Crippen LogP contribution in [0, 0.1) is 19.7 Å². The molecule has 1 amide bonds. The van der Waals surface area contributed by atoms with E-state index in [-0.39, 0.29) is 11.7 Å². The van der Waals surface area contributed by atoms with Crippen molar-refractivity contribution in [1.82, 2.24) is 20.0 Å². The first kappa shape index (κ1) is 20.0. The molecule has 1 aliphatic heterocycles. The van der Waals surface area contributed by atoms with Crippen molar-refractivity contribution in [1.29, 1.82) is 0 Å². The summed E-state index contributed by atoms with van der Waals surface area (Å²) >= 11 is 0. The zero-order valence-corrected chi connectivity index (χ0v) is 17.1. The van der Waals surface area contributed by atoms with E-state index in [2.05, 4.69) is 20.0 Å². The Labute approximate surface area is 174 Å². The molecule has 1 fully saturated rings. The lowest BCUT2D eigenvalue weighted by Gasteiger charge is -2.35. The Morgan fingerprint density at radius 2 is 1.83 bits per heavy atom. The van der Waals surface area contributed by atoms with Gasteiger partial charge in [-0.3, -0.25) is 4.79 Å². The molecule has 2 aromatic heterocycles. The molecule has 0 spiro atoms. The second kappa shape index (κ2) is 8.61. The van der Waals surface area contributed by atoms with Gasteiger partial charge in [-0.05, 0) is 44.5 Å². The molecule has 0 saturated carbocycles. The van der Waals surface area contributed by atoms with Gasteiger partial charge >= 0.3 is 0 Å². The van der Waals surface area contributed by atoms with Gasteiger partial charge in [0, 0.05) is 49.8 Å². The number of piperazine rings is 1. The minimum absolute atomic E-state index is 0.143. The summed E-state index contributed by atoms with van der Waals surface area (Å²) in [5, 5.41) is 3.95. The fourth-order valence-corrected chi connectivity index (χ4v) is 3.73. The number of halogens is 1. The summed E-state index contributed by atoms with van der Waals surface area (Å²) in [6.45, 7) is 6.48. The Morgan fingerprint density at radius 1 is 1.10 bits per heavy atom. The van der Waals surface area contributed by atoms with Crippen molar-refractivity contribution in [2.24, 2.45) is 0 Å². The van der Waals surface area contributed by atoms with Crippen LogP contribution in [-0.4, -0.2) is 52.1 Å². The van der Waals surface area contributed by atoms with Gasteiger partial charge in [0.1, 0.15) is 23.7 Å². The first-order valence-electron chi connectivity index (χ1n) is 10.0. The molecule has 1 aliphatic rings. The van der Waals surface area contributed by atoms with Crippen LogP contribution in [0.4, 0.5) is 10.2 Å². The van der Waals surface area contributed by atoms with Crippen molar-refractivity contribution in [3.05, 3.63) is 59.5 Å². The summed E-state index contributed by atoms with van der Waals surface area (Å²) in [7, 11) is 0. The summed E-state index contributed by atoms with van der Waals surface area (Å²) in [6.07, 6.45) is 2.62. The molecular formula is C22H24FN5O2. The maximum atomic E-state index is 13.2. The molecule has 30 heavy (non-hydrogen) atoms. The van der Waals surface area contributed by atoms with Gasteiger partial charge in [-0.1, -0.05) is 5.16 Å². The molecule has 1 saturated heterocycles. The van der Waals surface area contributed by atoms with E-state index in [0.29, 0.717) is 39.0 Å². The Balaban J connectivity index is 1.35. The Hall–Kier alpha value is -3.29. The number of carbonyl (C=O) groups excluding carboxylic acids is 1. The number of carbonyl (C=O) groups is 1. The molecular weight excluding hydrogens is 385 g/mol. The number of anilines is 1. The van der Waals surface area contributed by atoms with E-state index in [1.807, 2.05) is 24.8 Å². The van der Waals surface area contributed by atoms with Crippen molar-refractivity contribution in [2.45, 2.75) is 26.7 Å². The van der Waals surface area contributed by atoms with Crippen molar-refractivity contribution in [3.8, 4) is 11.3 Å². The standard InChI is InChI=1S/C22H24FN5O2/c1-15-19(16(2)30-26-15)7-8-22(29)28-11-9-27(10-12-28)21-13-20(24-14-25-21)17-3-5-18(23)6-4-17/h3-6,13-14H,7-12H2,1-2H3. The smallest absolute Gasteiger partial charge is 0.223 e. The highest BCUT2D eigenvalue weighted by atomic mass is 19.1. The maximum Gasteiger partial charge on any atom is 0.223 e. The summed E-state index contributed by atoms with van der Waals surface area (Å²) in [5.41, 5.74) is 3.47. The zero-order valence-electron chi connectivity index (χ0n) is 17.1. The van der Waals surface area contributed by atoms with E-state index in [4.69, 9.17) is 4.52 Å². The molecule has 8 heteroatoms. The molecule has 7 nitrogen and oxygen atoms in total. The van der Waals surface area contributed by atoms with Gasteiger partial charge in [0.15, 0.2) is 0 Å². The summed E-state index contributed by atoms with van der Waals surface area (Å²) in [4.78, 5) is 25.4. The van der Waals surface area contributed by atoms with Gasteiger partial charge in [0.2, 0.25) is 5.91 Å². The normalized spacial score (nSPS) is 14.2. The van der Waals surface area contributed by atoms with E-state index in [9.17, 15) is 9.18 Å². The van der Waals surface area contributed by atoms with Crippen LogP contribution >= 0.6 is 0 Å². The minimum atomic E-state index is -0.275. The minimum Gasteiger partial charge on any atom is -0.361 e. The number of hydrogen-bond acceptors (Lipinski definition) is 6. The van der Waals surface area contributed by atoms with Crippen molar-refractivity contribution < 1.29 is 13.7 Å². The number of amides is 1. The highest BCUT2D eigenvalue weighted by Crippen LogP contribution is 2.22. The fraction of sp³-hybridized carbons (Fsp3) is 0.364. The second-order valence-corrected chi connectivity index (χ2v) is 7.44. The third kappa shape index (κ3) is 4.32. The lowest BCUT2D eigenvalue weighted by Crippen LogP contribution is -2.49. The quantitative estimate of drug-likeness (QED) is 0.644. The lowest BCUT2D eigenvalue weighted by molar-refractivity contribution is -0.131. The zero-order chi connectivity index (χ0) is 21.1. The largest absolute Gasteiger partial charge is 0.361 e. The first-order chi connectivity index (χ1) is 14.5. The predicted octanol–water partition coefficient (Wildman–Crippen LogP) is 3.17. The van der Waals surface area contributed by atoms with Crippen LogP contribution < -0.4 is 4.90 Å². The van der Waals surface area contributed by atoms with Gasteiger partial charge in [-0.25, -0.2) is 14.4 Å². The maximum absolute atomic E-state index is 13.2. The molecule has 0 aliphatic carbocycles. The number of aromatic nitrogens is 3. The molecule has 156 valence electrons. The van der Waals surface area contributed by atoms with Crippen molar-refractivity contribution in [2.75, 3.05) is 31.1 Å². The Kier molecular flexibility index (Phi) is 5.74. The number of hydrogen-bond donors (Lipinski definition) is 0. The van der Waals surface area contributed by atoms with E-state index >= 15 is 0 Å². The fourth-order valence-electron chi connectivity index (χ4n) is 3.73. The van der Waals surface area contributed by atoms with Crippen LogP contribution in [0.25, 0.3) is 11.3 Å². The molecule has 0 bridgehead atoms. The van der Waals surface area contributed by atoms with Gasteiger partial charge < -0.3 is 14.3 Å². The van der Waals surface area contributed by atoms with Crippen LogP contribution in [0.5, 0.6) is 0 Å². The van der Waals surface area contributed by atoms with Crippen LogP contribution in [0.3, 0.4) is 0 Å². The average Bonchev–Trinajstić information content (AvgIpc) is 3.10. The summed E-state index contributed by atoms with van der Waals surface area (Å²) in [6, 6.07) is 8.16. The lowest BCUT2D eigenvalue weighted by atomic mass is 10.1. The van der Waals surface area contributed by atoms with E-state index in [1.165, 1.54) is 18.5 Å². The van der Waals surface area contributed by atoms with E-state index in [1.54, 1.807) is 12.1 Å². The predicted molar refractivity (Wildman–Crippen MR) is 111 cm³/mol. The monoisotopic (exact) mass is 409 g/mol. The third-order valence-corrected chi connectivity index (χ3v) is 5.52. The van der Waals surface area contributed by atoms with E-state index in [0.717, 1.165) is 34.1 Å². The molecule has 4 rings (SSSR count). The van der Waals surface area contributed by atoms with Crippen LogP contribution in [0.2, 0.25) is 0 Å². The van der Waals surface area contributed by atoms with E-state index < -0.39 is 0 Å². The third-order valence-electron chi connectivity index (χ3n) is 5.52. The van der Waals surface area contributed by atoms with Gasteiger partial charge in [0.05, 0.1) is 11.4 Å². The average molecular weight is 409 g/mol. The second-order valence-electron chi connectivity index (χ2n) is 7.44. The Morgan fingerprint density at radius 3 is 2.50 bits per heavy atom. The summed E-state index contributed by atoms with van der Waals surface area (Å²) < 4.78 is 18.3. The molecule has 0 radical (unpaired) electrons. The molecule has 1 aromatic carbocycles. The van der Waals surface area contributed by atoms with Crippen LogP contribution in [-0.2, 0) is 11.2 Å². The summed E-state index contributed by atoms with van der Waals surface area (Å²) in [5.74, 6) is 1.46. The van der Waals surface area contributed by atoms with Crippen molar-refractivity contribution in [3.63, 3.8) is 0 Å². The number of benzene rings is 1. The Bertz CT molecular complexity index is 1010. The SMILES string of the molecule is Cc1noc(C)c1CCC(=O)N1CCN(c2cc(-c3ccc(F)cc3)ncn2)CC1. The molecule has 0 atom stereocenters. The van der Waals surface area contributed by atoms with Crippen LogP contribution in [0.15, 0.2) is 41.2 Å². The number of nitrogens with zero attached hydrogens (tertiary/aromatic N) is 5. The highest BCUT2D eigenvalue weighted by Gasteiger charge is 2.23. The molecule has 3 heterocycles. The van der Waals surface area contributed by atoms with Gasteiger partial charge in [-0.2, -0.15) is 0 Å². The van der Waals surface area contributed by atoms with Crippen molar-refractivity contribution >= 4 is 11.7 Å². The number of aryl methyl sites for hydroxylation is 2. The van der Waals surface area contributed by atoms with Gasteiger partial charge in [0.25, 0.3) is 0 Å². The number of rotatable bonds is 5. The van der Waals surface area contributed by atoms with Crippen LogP contribution in [0.1, 0.15) is 23.4 Å². The molecule has 0 unspecified atom stereocenters. The topological polar surface area (TPSA) is 75.4 Å². The van der Waals surface area contributed by atoms with Gasteiger partial charge in [-0.15, -0.1) is 0 Å². The highest BCUT2D eigenvalue weighted by molar-refractivity contribution is 5.77. The molecule has 3 aromatic rings.